The second kappa shape index (κ2) is 6.92. The molecule has 8 heteroatoms. The van der Waals surface area contributed by atoms with E-state index in [9.17, 15) is 9.59 Å². The number of anilines is 1. The standard InChI is InChI=1S/C16H18ClN5O2/c1-18-15(23)12-6-10(4-5-13(12)17)20-16(24)21-11-3-2-9-8-19-22-14(9)7-11/h4-6,8,11H,2-3,7H2,1H3,(H,18,23)(H,19,22)(H2,20,21,24). The van der Waals surface area contributed by atoms with Gasteiger partial charge in [-0.15, -0.1) is 0 Å². The van der Waals surface area contributed by atoms with Crippen molar-refractivity contribution < 1.29 is 9.59 Å². The number of aromatic amines is 1. The topological polar surface area (TPSA) is 98.9 Å². The number of carbonyl (C=O) groups is 2. The molecule has 1 atom stereocenters. The van der Waals surface area contributed by atoms with Crippen molar-refractivity contribution in [2.75, 3.05) is 12.4 Å². The van der Waals surface area contributed by atoms with Crippen LogP contribution in [0.5, 0.6) is 0 Å². The first-order valence-electron chi connectivity index (χ1n) is 7.67. The lowest BCUT2D eigenvalue weighted by molar-refractivity contribution is 0.0963. The zero-order valence-corrected chi connectivity index (χ0v) is 13.9. The van der Waals surface area contributed by atoms with E-state index in [1.165, 1.54) is 12.6 Å². The predicted molar refractivity (Wildman–Crippen MR) is 91.4 cm³/mol. The summed E-state index contributed by atoms with van der Waals surface area (Å²) in [5.41, 5.74) is 3.10. The SMILES string of the molecule is CNC(=O)c1cc(NC(=O)NC2CCc3cn[nH]c3C2)ccc1Cl. The number of urea groups is 1. The van der Waals surface area contributed by atoms with Crippen molar-refractivity contribution in [3.05, 3.63) is 46.2 Å². The molecule has 0 spiro atoms. The van der Waals surface area contributed by atoms with Crippen LogP contribution in [0.1, 0.15) is 28.0 Å². The normalized spacial score (nSPS) is 16.2. The molecule has 0 bridgehead atoms. The maximum atomic E-state index is 12.2. The largest absolute Gasteiger partial charge is 0.355 e. The van der Waals surface area contributed by atoms with Crippen LogP contribution in [-0.2, 0) is 12.8 Å². The van der Waals surface area contributed by atoms with Crippen LogP contribution >= 0.6 is 11.6 Å². The number of fused-ring (bicyclic) bond motifs is 1. The van der Waals surface area contributed by atoms with E-state index in [-0.39, 0.29) is 18.0 Å². The van der Waals surface area contributed by atoms with Gasteiger partial charge in [0.05, 0.1) is 16.8 Å². The third kappa shape index (κ3) is 3.51. The average Bonchev–Trinajstić information content (AvgIpc) is 3.03. The van der Waals surface area contributed by atoms with Crippen LogP contribution in [0.3, 0.4) is 0 Å². The van der Waals surface area contributed by atoms with Gasteiger partial charge in [0.15, 0.2) is 0 Å². The Kier molecular flexibility index (Phi) is 4.71. The third-order valence-electron chi connectivity index (χ3n) is 4.05. The Hall–Kier alpha value is -2.54. The van der Waals surface area contributed by atoms with Crippen LogP contribution in [-0.4, -0.2) is 35.2 Å². The number of hydrogen-bond donors (Lipinski definition) is 4. The van der Waals surface area contributed by atoms with Crippen molar-refractivity contribution in [2.45, 2.75) is 25.3 Å². The van der Waals surface area contributed by atoms with Gasteiger partial charge in [-0.1, -0.05) is 11.6 Å². The third-order valence-corrected chi connectivity index (χ3v) is 4.38. The smallest absolute Gasteiger partial charge is 0.319 e. The Morgan fingerprint density at radius 1 is 1.38 bits per heavy atom. The van der Waals surface area contributed by atoms with E-state index in [4.69, 9.17) is 11.6 Å². The van der Waals surface area contributed by atoms with E-state index in [0.717, 1.165) is 25.0 Å². The number of carbonyl (C=O) groups excluding carboxylic acids is 2. The maximum absolute atomic E-state index is 12.2. The molecule has 2 aromatic rings. The minimum absolute atomic E-state index is 0.0451. The minimum atomic E-state index is -0.312. The molecule has 1 heterocycles. The summed E-state index contributed by atoms with van der Waals surface area (Å²) in [6, 6.07) is 4.52. The summed E-state index contributed by atoms with van der Waals surface area (Å²) in [5.74, 6) is -0.303. The molecule has 1 aliphatic rings. The second-order valence-electron chi connectivity index (χ2n) is 5.69. The van der Waals surface area contributed by atoms with Gasteiger partial charge in [-0.2, -0.15) is 5.10 Å². The summed E-state index contributed by atoms with van der Waals surface area (Å²) in [4.78, 5) is 23.9. The lowest BCUT2D eigenvalue weighted by atomic mass is 9.94. The number of hydrogen-bond acceptors (Lipinski definition) is 3. The minimum Gasteiger partial charge on any atom is -0.355 e. The Bertz CT molecular complexity index is 774. The molecular weight excluding hydrogens is 330 g/mol. The summed E-state index contributed by atoms with van der Waals surface area (Å²) < 4.78 is 0. The quantitative estimate of drug-likeness (QED) is 0.684. The molecule has 0 saturated carbocycles. The molecular formula is C16H18ClN5O2. The molecule has 1 aliphatic carbocycles. The van der Waals surface area contributed by atoms with Crippen molar-refractivity contribution in [3.63, 3.8) is 0 Å². The average molecular weight is 348 g/mol. The highest BCUT2D eigenvalue weighted by Crippen LogP contribution is 2.21. The number of rotatable bonds is 3. The summed E-state index contributed by atoms with van der Waals surface area (Å²) in [6.07, 6.45) is 4.31. The summed E-state index contributed by atoms with van der Waals surface area (Å²) >= 11 is 6.00. The van der Waals surface area contributed by atoms with Gasteiger partial charge >= 0.3 is 6.03 Å². The molecule has 126 valence electrons. The predicted octanol–water partition coefficient (Wildman–Crippen LogP) is 2.10. The highest BCUT2D eigenvalue weighted by molar-refractivity contribution is 6.34. The lowest BCUT2D eigenvalue weighted by Crippen LogP contribution is -2.41. The van der Waals surface area contributed by atoms with Gasteiger partial charge in [0.1, 0.15) is 0 Å². The van der Waals surface area contributed by atoms with Crippen molar-refractivity contribution in [1.82, 2.24) is 20.8 Å². The molecule has 4 N–H and O–H groups in total. The number of nitrogens with zero attached hydrogens (tertiary/aromatic N) is 1. The van der Waals surface area contributed by atoms with Crippen LogP contribution in [0.4, 0.5) is 10.5 Å². The monoisotopic (exact) mass is 347 g/mol. The van der Waals surface area contributed by atoms with Gasteiger partial charge in [0.2, 0.25) is 0 Å². The molecule has 3 rings (SSSR count). The molecule has 0 radical (unpaired) electrons. The van der Waals surface area contributed by atoms with E-state index in [0.29, 0.717) is 16.3 Å². The van der Waals surface area contributed by atoms with Crippen LogP contribution in [0.15, 0.2) is 24.4 Å². The van der Waals surface area contributed by atoms with Gasteiger partial charge in [-0.3, -0.25) is 9.89 Å². The van der Waals surface area contributed by atoms with Crippen LogP contribution < -0.4 is 16.0 Å². The van der Waals surface area contributed by atoms with Crippen molar-refractivity contribution >= 4 is 29.2 Å². The number of aryl methyl sites for hydroxylation is 1. The highest BCUT2D eigenvalue weighted by Gasteiger charge is 2.21. The molecule has 0 fully saturated rings. The molecule has 7 nitrogen and oxygen atoms in total. The van der Waals surface area contributed by atoms with Gasteiger partial charge < -0.3 is 16.0 Å². The van der Waals surface area contributed by atoms with Gasteiger partial charge in [0, 0.05) is 30.9 Å². The number of amides is 3. The van der Waals surface area contributed by atoms with E-state index < -0.39 is 0 Å². The first kappa shape index (κ1) is 16.3. The lowest BCUT2D eigenvalue weighted by Gasteiger charge is -2.23. The van der Waals surface area contributed by atoms with Gasteiger partial charge in [0.25, 0.3) is 5.91 Å². The maximum Gasteiger partial charge on any atom is 0.319 e. The Labute approximate surface area is 144 Å². The van der Waals surface area contributed by atoms with E-state index in [2.05, 4.69) is 26.1 Å². The molecule has 3 amide bonds. The number of aromatic nitrogens is 2. The molecule has 1 aromatic carbocycles. The first-order valence-corrected chi connectivity index (χ1v) is 8.05. The summed E-state index contributed by atoms with van der Waals surface area (Å²) in [6.45, 7) is 0. The van der Waals surface area contributed by atoms with Gasteiger partial charge in [-0.25, -0.2) is 4.79 Å². The first-order chi connectivity index (χ1) is 11.6. The zero-order chi connectivity index (χ0) is 17.1. The van der Waals surface area contributed by atoms with Crippen LogP contribution in [0.25, 0.3) is 0 Å². The van der Waals surface area contributed by atoms with E-state index in [1.54, 1.807) is 18.2 Å². The van der Waals surface area contributed by atoms with Crippen LogP contribution in [0.2, 0.25) is 5.02 Å². The number of H-pyrrole nitrogens is 1. The fraction of sp³-hybridized carbons (Fsp3) is 0.312. The summed E-state index contributed by atoms with van der Waals surface area (Å²) in [5, 5.41) is 15.5. The Morgan fingerprint density at radius 2 is 2.21 bits per heavy atom. The molecule has 0 saturated heterocycles. The highest BCUT2D eigenvalue weighted by atomic mass is 35.5. The Balaban J connectivity index is 1.62. The van der Waals surface area contributed by atoms with Gasteiger partial charge in [-0.05, 0) is 36.6 Å². The summed E-state index contributed by atoms with van der Waals surface area (Å²) in [7, 11) is 1.53. The van der Waals surface area contributed by atoms with Crippen molar-refractivity contribution in [1.29, 1.82) is 0 Å². The van der Waals surface area contributed by atoms with E-state index in [1.807, 2.05) is 6.20 Å². The Morgan fingerprint density at radius 3 is 3.00 bits per heavy atom. The van der Waals surface area contributed by atoms with Crippen molar-refractivity contribution in [2.24, 2.45) is 0 Å². The van der Waals surface area contributed by atoms with Crippen molar-refractivity contribution in [3.8, 4) is 0 Å². The molecule has 24 heavy (non-hydrogen) atoms. The fourth-order valence-electron chi connectivity index (χ4n) is 2.80. The molecule has 0 aliphatic heterocycles. The molecule has 1 aromatic heterocycles. The van der Waals surface area contributed by atoms with E-state index >= 15 is 0 Å². The number of nitrogens with one attached hydrogen (secondary N) is 4. The number of halogens is 1. The zero-order valence-electron chi connectivity index (χ0n) is 13.1. The van der Waals surface area contributed by atoms with Crippen LogP contribution in [0, 0.1) is 0 Å². The second-order valence-corrected chi connectivity index (χ2v) is 6.09. The molecule has 1 unspecified atom stereocenters. The fourth-order valence-corrected chi connectivity index (χ4v) is 3.00. The number of benzene rings is 1.